The minimum absolute atomic E-state index is 0.332. The summed E-state index contributed by atoms with van der Waals surface area (Å²) in [5.41, 5.74) is 0. The fraction of sp³-hybridized carbons (Fsp3) is 0. The Morgan fingerprint density at radius 2 is 2.50 bits per heavy atom. The molecule has 0 fully saturated rings. The first-order valence-corrected chi connectivity index (χ1v) is 2.33. The lowest BCUT2D eigenvalue weighted by molar-refractivity contribution is -0.128. The van der Waals surface area contributed by atoms with Crippen molar-refractivity contribution >= 4 is 22.6 Å². The first kappa shape index (κ1) is 5.74. The van der Waals surface area contributed by atoms with Crippen molar-refractivity contribution in [3.63, 3.8) is 0 Å². The van der Waals surface area contributed by atoms with Crippen LogP contribution in [0.4, 0.5) is 0 Å². The molecule has 0 N–H and O–H groups in total. The largest absolute Gasteiger partial charge is 0.618 e. The third kappa shape index (κ3) is 2.01. The second-order valence-corrected chi connectivity index (χ2v) is 1.14. The molecule has 0 radical (unpaired) electrons. The summed E-state index contributed by atoms with van der Waals surface area (Å²) in [6, 6.07) is 0. The molecule has 0 saturated heterocycles. The topological polar surface area (TPSA) is 26.3 Å². The summed E-state index contributed by atoms with van der Waals surface area (Å²) in [4.78, 5) is 9.88. The molecule has 0 amide bonds. The molecule has 0 aliphatic carbocycles. The average molecular weight is 100 g/mol. The molecule has 0 spiro atoms. The van der Waals surface area contributed by atoms with Crippen LogP contribution in [-0.4, -0.2) is 22.6 Å². The Labute approximate surface area is 44.6 Å². The molecular weight excluding hydrogens is 95.0 g/mol. The maximum Gasteiger partial charge on any atom is 0.499 e. The Balaban J connectivity index is 3.23. The van der Waals surface area contributed by atoms with Crippen LogP contribution in [0, 0.1) is 0 Å². The van der Waals surface area contributed by atoms with Crippen LogP contribution >= 0.6 is 0 Å². The first-order chi connectivity index (χ1) is 2.81. The van der Waals surface area contributed by atoms with E-state index in [9.17, 15) is 4.79 Å². The molecule has 3 heteroatoms. The van der Waals surface area contributed by atoms with Gasteiger partial charge in [0.1, 0.15) is 0 Å². The predicted molar refractivity (Wildman–Crippen MR) is 24.8 cm³/mol. The number of hydrogen-bond donors (Lipinski definition) is 0. The summed E-state index contributed by atoms with van der Waals surface area (Å²) in [5.74, 6) is -0.332. The standard InChI is InChI=1S/C3H4O2.Al.2H/c1-2-3(4)5;;;/h2H,1H2,(H,4,5);;;/q;+1;;/p-1. The van der Waals surface area contributed by atoms with Crippen LogP contribution < -0.4 is 0 Å². The zero-order valence-corrected chi connectivity index (χ0v) is 5.60. The molecule has 0 aromatic rings. The number of hydrogen-bond acceptors (Lipinski definition) is 2. The highest BCUT2D eigenvalue weighted by atomic mass is 27.1. The third-order valence-electron chi connectivity index (χ3n) is 0.368. The molecule has 0 atom stereocenters. The molecule has 0 aromatic carbocycles. The SMILES string of the molecule is C=CC(=O)[O][AlH2]. The van der Waals surface area contributed by atoms with E-state index in [2.05, 4.69) is 10.4 Å². The van der Waals surface area contributed by atoms with Crippen LogP contribution in [0.3, 0.4) is 0 Å². The molecule has 0 heterocycles. The van der Waals surface area contributed by atoms with Crippen LogP contribution in [0.1, 0.15) is 0 Å². The van der Waals surface area contributed by atoms with Crippen molar-refractivity contribution in [1.82, 2.24) is 0 Å². The molecule has 6 heavy (non-hydrogen) atoms. The predicted octanol–water partition coefficient (Wildman–Crippen LogP) is -0.736. The molecule has 0 aromatic heterocycles. The van der Waals surface area contributed by atoms with E-state index < -0.39 is 0 Å². The highest BCUT2D eigenvalue weighted by Crippen LogP contribution is 1.66. The van der Waals surface area contributed by atoms with Crippen LogP contribution in [0.5, 0.6) is 0 Å². The average Bonchev–Trinajstić information content (AvgIpc) is 1.65. The van der Waals surface area contributed by atoms with Crippen molar-refractivity contribution in [3.8, 4) is 0 Å². The third-order valence-corrected chi connectivity index (χ3v) is 0.770. The molecule has 0 unspecified atom stereocenters. The van der Waals surface area contributed by atoms with Gasteiger partial charge in [0.2, 0.25) is 0 Å². The van der Waals surface area contributed by atoms with Gasteiger partial charge in [0.25, 0.3) is 5.97 Å². The molecule has 2 nitrogen and oxygen atoms in total. The van der Waals surface area contributed by atoms with Crippen molar-refractivity contribution in [2.45, 2.75) is 0 Å². The van der Waals surface area contributed by atoms with Gasteiger partial charge in [-0.3, -0.25) is 4.79 Å². The number of carbonyl (C=O) groups excluding carboxylic acids is 1. The maximum atomic E-state index is 9.88. The van der Waals surface area contributed by atoms with Gasteiger partial charge in [-0.05, 0) is 0 Å². The van der Waals surface area contributed by atoms with E-state index >= 15 is 0 Å². The van der Waals surface area contributed by atoms with Crippen LogP contribution in [0.15, 0.2) is 12.7 Å². The minimum atomic E-state index is -0.332. The zero-order chi connectivity index (χ0) is 4.99. The van der Waals surface area contributed by atoms with Gasteiger partial charge in [0, 0.05) is 6.08 Å². The fourth-order valence-electron chi connectivity index (χ4n) is 0.0833. The highest BCUT2D eigenvalue weighted by molar-refractivity contribution is 6.07. The normalized spacial score (nSPS) is 6.67. The van der Waals surface area contributed by atoms with Gasteiger partial charge >= 0.3 is 16.6 Å². The smallest absolute Gasteiger partial charge is 0.499 e. The second-order valence-electron chi connectivity index (χ2n) is 0.727. The fourth-order valence-corrected chi connectivity index (χ4v) is 0.250. The molecule has 32 valence electrons. The zero-order valence-electron chi connectivity index (χ0n) is 3.60. The summed E-state index contributed by atoms with van der Waals surface area (Å²) in [6.07, 6.45) is 1.15. The quantitative estimate of drug-likeness (QED) is 0.320. The molecule has 0 rings (SSSR count). The van der Waals surface area contributed by atoms with Gasteiger partial charge in [-0.25, -0.2) is 0 Å². The van der Waals surface area contributed by atoms with Gasteiger partial charge in [0.05, 0.1) is 0 Å². The van der Waals surface area contributed by atoms with Crippen molar-refractivity contribution in [1.29, 1.82) is 0 Å². The van der Waals surface area contributed by atoms with Crippen molar-refractivity contribution in [3.05, 3.63) is 12.7 Å². The van der Waals surface area contributed by atoms with E-state index in [0.29, 0.717) is 16.6 Å². The Kier molecular flexibility index (Phi) is 2.83. The minimum Gasteiger partial charge on any atom is -0.618 e. The van der Waals surface area contributed by atoms with Crippen molar-refractivity contribution in [2.24, 2.45) is 0 Å². The second kappa shape index (κ2) is 2.95. The van der Waals surface area contributed by atoms with Crippen molar-refractivity contribution < 1.29 is 8.58 Å². The van der Waals surface area contributed by atoms with E-state index in [4.69, 9.17) is 0 Å². The van der Waals surface area contributed by atoms with Crippen LogP contribution in [0.25, 0.3) is 0 Å². The van der Waals surface area contributed by atoms with Gasteiger partial charge in [-0.1, -0.05) is 6.58 Å². The summed E-state index contributed by atoms with van der Waals surface area (Å²) in [5, 5.41) is 0. The van der Waals surface area contributed by atoms with Gasteiger partial charge in [-0.2, -0.15) is 0 Å². The molecule has 0 aliphatic heterocycles. The molecule has 0 saturated carbocycles. The Morgan fingerprint density at radius 1 is 2.00 bits per heavy atom. The lowest BCUT2D eigenvalue weighted by Gasteiger charge is -1.86. The molecule has 0 bridgehead atoms. The van der Waals surface area contributed by atoms with Gasteiger partial charge < -0.3 is 3.79 Å². The van der Waals surface area contributed by atoms with Crippen LogP contribution in [0.2, 0.25) is 0 Å². The Bertz CT molecular complexity index is 69.2. The van der Waals surface area contributed by atoms with Gasteiger partial charge in [-0.15, -0.1) is 0 Å². The lowest BCUT2D eigenvalue weighted by atomic mass is 10.7. The summed E-state index contributed by atoms with van der Waals surface area (Å²) in [7, 11) is 0. The van der Waals surface area contributed by atoms with E-state index in [1.54, 1.807) is 0 Å². The maximum absolute atomic E-state index is 9.88. The highest BCUT2D eigenvalue weighted by Gasteiger charge is 1.80. The van der Waals surface area contributed by atoms with E-state index in [1.165, 1.54) is 0 Å². The van der Waals surface area contributed by atoms with Gasteiger partial charge in [0.15, 0.2) is 0 Å². The molecule has 0 aliphatic rings. The number of rotatable bonds is 1. The molecular formula is C3H5AlO2. The van der Waals surface area contributed by atoms with Crippen molar-refractivity contribution in [2.75, 3.05) is 0 Å². The van der Waals surface area contributed by atoms with E-state index in [0.717, 1.165) is 6.08 Å². The van der Waals surface area contributed by atoms with Crippen LogP contribution in [-0.2, 0) is 8.58 Å². The van der Waals surface area contributed by atoms with E-state index in [1.807, 2.05) is 0 Å². The summed E-state index contributed by atoms with van der Waals surface area (Å²) >= 11 is 0.462. The van der Waals surface area contributed by atoms with E-state index in [-0.39, 0.29) is 5.97 Å². The summed E-state index contributed by atoms with van der Waals surface area (Å²) in [6.45, 7) is 3.18. The number of carbonyl (C=O) groups is 1. The summed E-state index contributed by atoms with van der Waals surface area (Å²) < 4.78 is 4.28. The Morgan fingerprint density at radius 3 is 2.50 bits per heavy atom. The Hall–Kier alpha value is -0.258. The first-order valence-electron chi connectivity index (χ1n) is 1.51. The lowest BCUT2D eigenvalue weighted by Crippen LogP contribution is -1.93. The monoisotopic (exact) mass is 100 g/mol.